The van der Waals surface area contributed by atoms with Gasteiger partial charge in [-0.25, -0.2) is 0 Å². The Morgan fingerprint density at radius 2 is 2.24 bits per heavy atom. The smallest absolute Gasteiger partial charge is 0.272 e. The lowest BCUT2D eigenvalue weighted by Gasteiger charge is -2.07. The number of benzene rings is 1. The van der Waals surface area contributed by atoms with Crippen molar-refractivity contribution in [3.05, 3.63) is 51.6 Å². The molecule has 0 saturated heterocycles. The van der Waals surface area contributed by atoms with Crippen LogP contribution in [-0.2, 0) is 6.54 Å². The third kappa shape index (κ3) is 4.00. The van der Waals surface area contributed by atoms with E-state index in [0.717, 1.165) is 24.1 Å². The van der Waals surface area contributed by atoms with E-state index in [1.807, 2.05) is 19.1 Å². The van der Waals surface area contributed by atoms with E-state index < -0.39 is 0 Å². The molecule has 1 aromatic carbocycles. The van der Waals surface area contributed by atoms with Gasteiger partial charge >= 0.3 is 0 Å². The summed E-state index contributed by atoms with van der Waals surface area (Å²) in [5, 5.41) is 14.0. The molecule has 0 unspecified atom stereocenters. The van der Waals surface area contributed by atoms with Gasteiger partial charge in [-0.05, 0) is 32.4 Å². The van der Waals surface area contributed by atoms with Crippen LogP contribution in [0.2, 0.25) is 0 Å². The number of nitro groups is 1. The summed E-state index contributed by atoms with van der Waals surface area (Å²) in [6, 6.07) is 5.19. The van der Waals surface area contributed by atoms with Gasteiger partial charge in [0.05, 0.1) is 4.92 Å². The van der Waals surface area contributed by atoms with Crippen LogP contribution in [0.1, 0.15) is 24.5 Å². The molecule has 0 aliphatic rings. The molecule has 0 atom stereocenters. The van der Waals surface area contributed by atoms with Crippen LogP contribution in [0.5, 0.6) is 0 Å². The van der Waals surface area contributed by atoms with Crippen LogP contribution >= 0.6 is 0 Å². The third-order valence-corrected chi connectivity index (χ3v) is 2.65. The molecule has 1 N–H and O–H groups in total. The topological polar surface area (TPSA) is 55.2 Å². The van der Waals surface area contributed by atoms with Crippen molar-refractivity contribution in [3.63, 3.8) is 0 Å². The van der Waals surface area contributed by atoms with E-state index in [1.54, 1.807) is 19.1 Å². The molecular weight excluding hydrogens is 216 g/mol. The van der Waals surface area contributed by atoms with E-state index in [2.05, 4.69) is 11.4 Å². The van der Waals surface area contributed by atoms with Gasteiger partial charge in [0.1, 0.15) is 0 Å². The van der Waals surface area contributed by atoms with Crippen LogP contribution in [0.4, 0.5) is 5.69 Å². The molecule has 17 heavy (non-hydrogen) atoms. The lowest BCUT2D eigenvalue weighted by Crippen LogP contribution is -2.15. The van der Waals surface area contributed by atoms with Gasteiger partial charge in [-0.1, -0.05) is 24.3 Å². The van der Waals surface area contributed by atoms with Gasteiger partial charge in [-0.3, -0.25) is 10.1 Å². The van der Waals surface area contributed by atoms with E-state index >= 15 is 0 Å². The van der Waals surface area contributed by atoms with Gasteiger partial charge in [-0.15, -0.1) is 0 Å². The molecule has 0 aliphatic carbocycles. The van der Waals surface area contributed by atoms with Crippen LogP contribution in [0, 0.1) is 17.0 Å². The van der Waals surface area contributed by atoms with Gasteiger partial charge in [0.2, 0.25) is 0 Å². The van der Waals surface area contributed by atoms with Crippen LogP contribution in [0.3, 0.4) is 0 Å². The molecule has 92 valence electrons. The average Bonchev–Trinajstić information content (AvgIpc) is 2.30. The third-order valence-electron chi connectivity index (χ3n) is 2.65. The largest absolute Gasteiger partial charge is 0.312 e. The molecule has 0 saturated carbocycles. The summed E-state index contributed by atoms with van der Waals surface area (Å²) in [5.74, 6) is 0. The zero-order chi connectivity index (χ0) is 12.7. The highest BCUT2D eigenvalue weighted by atomic mass is 16.6. The minimum Gasteiger partial charge on any atom is -0.312 e. The first-order chi connectivity index (χ1) is 8.16. The van der Waals surface area contributed by atoms with Crippen molar-refractivity contribution in [2.24, 2.45) is 0 Å². The molecule has 0 amide bonds. The fourth-order valence-electron chi connectivity index (χ4n) is 1.63. The number of nitrogens with zero attached hydrogens (tertiary/aromatic N) is 1. The predicted octanol–water partition coefficient (Wildman–Crippen LogP) is 2.96. The van der Waals surface area contributed by atoms with Crippen molar-refractivity contribution in [1.82, 2.24) is 5.32 Å². The molecule has 0 radical (unpaired) electrons. The van der Waals surface area contributed by atoms with Crippen molar-refractivity contribution in [1.29, 1.82) is 0 Å². The van der Waals surface area contributed by atoms with Crippen molar-refractivity contribution in [3.8, 4) is 0 Å². The number of nitro benzene ring substituents is 1. The van der Waals surface area contributed by atoms with Gasteiger partial charge in [0, 0.05) is 18.2 Å². The Labute approximate surface area is 101 Å². The van der Waals surface area contributed by atoms with E-state index in [9.17, 15) is 10.1 Å². The highest BCUT2D eigenvalue weighted by molar-refractivity contribution is 5.44. The molecule has 1 rings (SSSR count). The second-order valence-electron chi connectivity index (χ2n) is 3.85. The average molecular weight is 234 g/mol. The van der Waals surface area contributed by atoms with Gasteiger partial charge in [0.25, 0.3) is 5.69 Å². The van der Waals surface area contributed by atoms with E-state index in [0.29, 0.717) is 6.54 Å². The quantitative estimate of drug-likeness (QED) is 0.356. The van der Waals surface area contributed by atoms with Crippen molar-refractivity contribution in [2.75, 3.05) is 6.54 Å². The molecule has 1 aromatic rings. The van der Waals surface area contributed by atoms with Crippen molar-refractivity contribution < 1.29 is 4.92 Å². The molecule has 0 fully saturated rings. The van der Waals surface area contributed by atoms with Crippen molar-refractivity contribution >= 4 is 5.69 Å². The summed E-state index contributed by atoms with van der Waals surface area (Å²) in [6.07, 6.45) is 5.08. The highest BCUT2D eigenvalue weighted by Crippen LogP contribution is 2.20. The Bertz CT molecular complexity index is 414. The molecule has 0 bridgehead atoms. The second-order valence-corrected chi connectivity index (χ2v) is 3.85. The molecular formula is C13H18N2O2. The fraction of sp³-hybridized carbons (Fsp3) is 0.385. The van der Waals surface area contributed by atoms with Crippen LogP contribution in [-0.4, -0.2) is 11.5 Å². The fourth-order valence-corrected chi connectivity index (χ4v) is 1.63. The maximum atomic E-state index is 10.8. The Balaban J connectivity index is 2.59. The number of nitrogens with one attached hydrogen (secondary N) is 1. The minimum atomic E-state index is -0.335. The maximum absolute atomic E-state index is 10.8. The lowest BCUT2D eigenvalue weighted by molar-refractivity contribution is -0.385. The van der Waals surface area contributed by atoms with Crippen molar-refractivity contribution in [2.45, 2.75) is 26.8 Å². The summed E-state index contributed by atoms with van der Waals surface area (Å²) in [7, 11) is 0. The number of rotatable bonds is 6. The Morgan fingerprint density at radius 1 is 1.47 bits per heavy atom. The van der Waals surface area contributed by atoms with Crippen LogP contribution in [0.25, 0.3) is 0 Å². The maximum Gasteiger partial charge on any atom is 0.272 e. The number of hydrogen-bond donors (Lipinski definition) is 1. The minimum absolute atomic E-state index is 0.192. The molecule has 0 heterocycles. The monoisotopic (exact) mass is 234 g/mol. The normalized spacial score (nSPS) is 10.9. The molecule has 4 heteroatoms. The summed E-state index contributed by atoms with van der Waals surface area (Å²) in [4.78, 5) is 10.4. The SMILES string of the molecule is C/C=C/CCNCc1cccc([N+](=O)[O-])c1C. The molecule has 0 spiro atoms. The Hall–Kier alpha value is -1.68. The summed E-state index contributed by atoms with van der Waals surface area (Å²) in [5.41, 5.74) is 1.92. The predicted molar refractivity (Wildman–Crippen MR) is 69.0 cm³/mol. The van der Waals surface area contributed by atoms with Crippen LogP contribution < -0.4 is 5.32 Å². The zero-order valence-electron chi connectivity index (χ0n) is 10.3. The number of hydrogen-bond acceptors (Lipinski definition) is 3. The lowest BCUT2D eigenvalue weighted by atomic mass is 10.1. The summed E-state index contributed by atoms with van der Waals surface area (Å²) < 4.78 is 0. The summed E-state index contributed by atoms with van der Waals surface area (Å²) in [6.45, 7) is 5.34. The number of allylic oxidation sites excluding steroid dienone is 1. The Kier molecular flexibility index (Phi) is 5.36. The summed E-state index contributed by atoms with van der Waals surface area (Å²) >= 11 is 0. The molecule has 0 aliphatic heterocycles. The highest BCUT2D eigenvalue weighted by Gasteiger charge is 2.12. The first-order valence-corrected chi connectivity index (χ1v) is 5.71. The first kappa shape index (κ1) is 13.4. The van der Waals surface area contributed by atoms with E-state index in [4.69, 9.17) is 0 Å². The first-order valence-electron chi connectivity index (χ1n) is 5.71. The molecule has 4 nitrogen and oxygen atoms in total. The van der Waals surface area contributed by atoms with E-state index in [-0.39, 0.29) is 10.6 Å². The van der Waals surface area contributed by atoms with Crippen LogP contribution in [0.15, 0.2) is 30.4 Å². The molecule has 0 aromatic heterocycles. The van der Waals surface area contributed by atoms with E-state index in [1.165, 1.54) is 0 Å². The standard InChI is InChI=1S/C13H18N2O2/c1-3-4-5-9-14-10-12-7-6-8-13(11(12)2)15(16)17/h3-4,6-8,14H,5,9-10H2,1-2H3/b4-3+. The Morgan fingerprint density at radius 3 is 2.88 bits per heavy atom. The second kappa shape index (κ2) is 6.81. The van der Waals surface area contributed by atoms with Gasteiger partial charge in [-0.2, -0.15) is 0 Å². The van der Waals surface area contributed by atoms with Gasteiger partial charge in [0.15, 0.2) is 0 Å². The zero-order valence-corrected chi connectivity index (χ0v) is 10.3. The van der Waals surface area contributed by atoms with Gasteiger partial charge < -0.3 is 5.32 Å².